The fourth-order valence-electron chi connectivity index (χ4n) is 1.23. The van der Waals surface area contributed by atoms with Crippen LogP contribution >= 0.6 is 0 Å². The average molecular weight is 185 g/mol. The summed E-state index contributed by atoms with van der Waals surface area (Å²) in [4.78, 5) is 8.25. The molecule has 2 rings (SSSR count). The first-order chi connectivity index (χ1) is 6.85. The van der Waals surface area contributed by atoms with E-state index in [2.05, 4.69) is 16.0 Å². The number of nitriles is 1. The maximum Gasteiger partial charge on any atom is 0.214 e. The van der Waals surface area contributed by atoms with Gasteiger partial charge < -0.3 is 4.74 Å². The van der Waals surface area contributed by atoms with Gasteiger partial charge in [-0.05, 0) is 12.1 Å². The molecule has 0 aromatic carbocycles. The summed E-state index contributed by atoms with van der Waals surface area (Å²) < 4.78 is 4.97. The van der Waals surface area contributed by atoms with Crippen LogP contribution in [-0.4, -0.2) is 17.1 Å². The Bertz CT molecular complexity index is 516. The van der Waals surface area contributed by atoms with Gasteiger partial charge in [-0.3, -0.25) is 4.98 Å². The summed E-state index contributed by atoms with van der Waals surface area (Å²) in [5.74, 6) is 0.432. The molecule has 0 aliphatic rings. The van der Waals surface area contributed by atoms with Crippen molar-refractivity contribution in [3.8, 4) is 11.9 Å². The summed E-state index contributed by atoms with van der Waals surface area (Å²) in [7, 11) is 1.52. The third-order valence-electron chi connectivity index (χ3n) is 1.87. The summed E-state index contributed by atoms with van der Waals surface area (Å²) >= 11 is 0. The lowest BCUT2D eigenvalue weighted by Gasteiger charge is -2.01. The second-order valence-corrected chi connectivity index (χ2v) is 2.70. The van der Waals surface area contributed by atoms with Crippen molar-refractivity contribution in [3.63, 3.8) is 0 Å². The van der Waals surface area contributed by atoms with E-state index < -0.39 is 0 Å². The van der Waals surface area contributed by atoms with E-state index in [1.807, 2.05) is 0 Å². The minimum atomic E-state index is 0.432. The Kier molecular flexibility index (Phi) is 1.99. The van der Waals surface area contributed by atoms with Crippen molar-refractivity contribution in [2.24, 2.45) is 0 Å². The van der Waals surface area contributed by atoms with Crippen LogP contribution < -0.4 is 4.74 Å². The van der Waals surface area contributed by atoms with Gasteiger partial charge in [0.25, 0.3) is 0 Å². The lowest BCUT2D eigenvalue weighted by molar-refractivity contribution is 0.399. The number of fused-ring (bicyclic) bond motifs is 1. The molecule has 0 saturated heterocycles. The summed E-state index contributed by atoms with van der Waals surface area (Å²) in [5.41, 5.74) is 1.76. The van der Waals surface area contributed by atoms with Crippen LogP contribution in [0.1, 0.15) is 5.56 Å². The highest BCUT2D eigenvalue weighted by atomic mass is 16.5. The lowest BCUT2D eigenvalue weighted by Crippen LogP contribution is -1.92. The van der Waals surface area contributed by atoms with Crippen LogP contribution in [0.15, 0.2) is 24.4 Å². The van der Waals surface area contributed by atoms with Crippen LogP contribution in [0.25, 0.3) is 11.0 Å². The molecule has 68 valence electrons. The molecule has 2 aromatic rings. The van der Waals surface area contributed by atoms with Gasteiger partial charge in [-0.1, -0.05) is 0 Å². The molecule has 0 saturated carbocycles. The van der Waals surface area contributed by atoms with Gasteiger partial charge in [0.15, 0.2) is 0 Å². The minimum absolute atomic E-state index is 0.432. The molecule has 0 spiro atoms. The van der Waals surface area contributed by atoms with Crippen molar-refractivity contribution in [1.29, 1.82) is 5.26 Å². The number of hydrogen-bond donors (Lipinski definition) is 0. The van der Waals surface area contributed by atoms with Crippen molar-refractivity contribution < 1.29 is 4.74 Å². The van der Waals surface area contributed by atoms with Gasteiger partial charge in [0.2, 0.25) is 5.88 Å². The molecule has 2 aromatic heterocycles. The minimum Gasteiger partial charge on any atom is -0.481 e. The number of hydrogen-bond acceptors (Lipinski definition) is 4. The Morgan fingerprint density at radius 3 is 3.07 bits per heavy atom. The van der Waals surface area contributed by atoms with E-state index in [9.17, 15) is 0 Å². The lowest BCUT2D eigenvalue weighted by atomic mass is 10.2. The first-order valence-electron chi connectivity index (χ1n) is 4.05. The fraction of sp³-hybridized carbons (Fsp3) is 0.100. The van der Waals surface area contributed by atoms with E-state index in [-0.39, 0.29) is 0 Å². The smallest absolute Gasteiger partial charge is 0.214 e. The topological polar surface area (TPSA) is 58.8 Å². The van der Waals surface area contributed by atoms with Crippen LogP contribution in [0.5, 0.6) is 5.88 Å². The van der Waals surface area contributed by atoms with Crippen LogP contribution in [0.3, 0.4) is 0 Å². The molecule has 0 fully saturated rings. The Morgan fingerprint density at radius 2 is 2.36 bits per heavy atom. The zero-order valence-corrected chi connectivity index (χ0v) is 7.56. The molecule has 0 unspecified atom stereocenters. The Balaban J connectivity index is 2.82. The largest absolute Gasteiger partial charge is 0.481 e. The molecular formula is C10H7N3O. The fourth-order valence-corrected chi connectivity index (χ4v) is 1.23. The second-order valence-electron chi connectivity index (χ2n) is 2.70. The highest BCUT2D eigenvalue weighted by Gasteiger charge is 2.05. The third kappa shape index (κ3) is 1.25. The van der Waals surface area contributed by atoms with Crippen molar-refractivity contribution in [2.75, 3.05) is 7.11 Å². The molecule has 0 aliphatic carbocycles. The SMILES string of the molecule is COc1cc(C#N)c2ncccc2n1. The Hall–Kier alpha value is -2.15. The normalized spacial score (nSPS) is 9.71. The van der Waals surface area contributed by atoms with Crippen molar-refractivity contribution in [2.45, 2.75) is 0 Å². The average Bonchev–Trinajstić information content (AvgIpc) is 2.27. The predicted molar refractivity (Wildman–Crippen MR) is 50.8 cm³/mol. The van der Waals surface area contributed by atoms with Crippen LogP contribution in [-0.2, 0) is 0 Å². The van der Waals surface area contributed by atoms with Gasteiger partial charge in [-0.15, -0.1) is 0 Å². The number of nitrogens with zero attached hydrogens (tertiary/aromatic N) is 3. The number of aromatic nitrogens is 2. The van der Waals surface area contributed by atoms with E-state index in [4.69, 9.17) is 10.00 Å². The number of ether oxygens (including phenoxy) is 1. The molecule has 0 bridgehead atoms. The van der Waals surface area contributed by atoms with Gasteiger partial charge in [-0.2, -0.15) is 5.26 Å². The van der Waals surface area contributed by atoms with E-state index in [0.29, 0.717) is 22.5 Å². The highest BCUT2D eigenvalue weighted by molar-refractivity contribution is 5.80. The molecule has 0 N–H and O–H groups in total. The predicted octanol–water partition coefficient (Wildman–Crippen LogP) is 1.51. The number of pyridine rings is 2. The second kappa shape index (κ2) is 3.30. The van der Waals surface area contributed by atoms with Crippen molar-refractivity contribution >= 4 is 11.0 Å². The summed E-state index contributed by atoms with van der Waals surface area (Å²) in [6.07, 6.45) is 1.64. The quantitative estimate of drug-likeness (QED) is 0.675. The van der Waals surface area contributed by atoms with Gasteiger partial charge in [0.1, 0.15) is 11.6 Å². The molecule has 14 heavy (non-hydrogen) atoms. The molecule has 0 radical (unpaired) electrons. The molecule has 4 nitrogen and oxygen atoms in total. The maximum absolute atomic E-state index is 8.88. The van der Waals surface area contributed by atoms with Crippen LogP contribution in [0, 0.1) is 11.3 Å². The maximum atomic E-state index is 8.88. The first kappa shape index (κ1) is 8.45. The Labute approximate surface area is 80.8 Å². The molecule has 0 amide bonds. The zero-order chi connectivity index (χ0) is 9.97. The van der Waals surface area contributed by atoms with Crippen LogP contribution in [0.2, 0.25) is 0 Å². The van der Waals surface area contributed by atoms with Gasteiger partial charge >= 0.3 is 0 Å². The van der Waals surface area contributed by atoms with Crippen molar-refractivity contribution in [1.82, 2.24) is 9.97 Å². The molecular weight excluding hydrogens is 178 g/mol. The number of rotatable bonds is 1. The van der Waals surface area contributed by atoms with E-state index in [1.54, 1.807) is 24.4 Å². The van der Waals surface area contributed by atoms with Gasteiger partial charge in [-0.25, -0.2) is 4.98 Å². The monoisotopic (exact) mass is 185 g/mol. The molecule has 2 heterocycles. The summed E-state index contributed by atoms with van der Waals surface area (Å²) in [5, 5.41) is 8.88. The van der Waals surface area contributed by atoms with Crippen molar-refractivity contribution in [3.05, 3.63) is 30.0 Å². The molecule has 0 aliphatic heterocycles. The molecule has 0 atom stereocenters. The van der Waals surface area contributed by atoms with Crippen LogP contribution in [0.4, 0.5) is 0 Å². The molecule has 4 heteroatoms. The van der Waals surface area contributed by atoms with E-state index >= 15 is 0 Å². The first-order valence-corrected chi connectivity index (χ1v) is 4.05. The standard InChI is InChI=1S/C10H7N3O/c1-14-9-5-7(6-11)10-8(13-9)3-2-4-12-10/h2-5H,1H3. The third-order valence-corrected chi connectivity index (χ3v) is 1.87. The Morgan fingerprint density at radius 1 is 1.50 bits per heavy atom. The zero-order valence-electron chi connectivity index (χ0n) is 7.56. The highest BCUT2D eigenvalue weighted by Crippen LogP contribution is 2.18. The number of methoxy groups -OCH3 is 1. The summed E-state index contributed by atoms with van der Waals surface area (Å²) in [6, 6.07) is 7.21. The van der Waals surface area contributed by atoms with E-state index in [1.165, 1.54) is 7.11 Å². The van der Waals surface area contributed by atoms with E-state index in [0.717, 1.165) is 0 Å². The van der Waals surface area contributed by atoms with Gasteiger partial charge in [0, 0.05) is 12.3 Å². The summed E-state index contributed by atoms with van der Waals surface area (Å²) in [6.45, 7) is 0. The van der Waals surface area contributed by atoms with Gasteiger partial charge in [0.05, 0.1) is 18.2 Å².